The zero-order chi connectivity index (χ0) is 13.6. The maximum absolute atomic E-state index is 10.7. The van der Waals surface area contributed by atoms with Gasteiger partial charge in [0.1, 0.15) is 12.7 Å². The van der Waals surface area contributed by atoms with Crippen molar-refractivity contribution in [3.05, 3.63) is 51.6 Å². The fourth-order valence-electron chi connectivity index (χ4n) is 0.456. The molecule has 0 saturated carbocycles. The van der Waals surface area contributed by atoms with Crippen molar-refractivity contribution in [1.82, 2.24) is 0 Å². The Kier molecular flexibility index (Phi) is 19.7. The molecular formula is C13H22O3. The summed E-state index contributed by atoms with van der Waals surface area (Å²) in [4.78, 5) is 10.7. The van der Waals surface area contributed by atoms with Gasteiger partial charge < -0.3 is 9.47 Å². The number of hydrogen-bond donors (Lipinski definition) is 0. The van der Waals surface area contributed by atoms with Crippen molar-refractivity contribution in [2.45, 2.75) is 13.0 Å². The molecule has 0 aromatic carbocycles. The molecule has 0 amide bonds. The van der Waals surface area contributed by atoms with Gasteiger partial charge in [0.05, 0.1) is 6.61 Å². The third-order valence-electron chi connectivity index (χ3n) is 1.15. The number of rotatable bonds is 3. The Balaban J connectivity index is -0.000000245. The van der Waals surface area contributed by atoms with E-state index in [2.05, 4.69) is 46.1 Å². The Morgan fingerprint density at radius 2 is 1.62 bits per heavy atom. The van der Waals surface area contributed by atoms with E-state index in [1.54, 1.807) is 6.92 Å². The second-order valence-corrected chi connectivity index (χ2v) is 2.33. The van der Waals surface area contributed by atoms with Gasteiger partial charge in [-0.1, -0.05) is 6.58 Å². The van der Waals surface area contributed by atoms with Crippen LogP contribution in [0.25, 0.3) is 0 Å². The Hall–Kier alpha value is -1.61. The number of esters is 1. The maximum Gasteiger partial charge on any atom is 0.333 e. The highest BCUT2D eigenvalue weighted by atomic mass is 16.6. The molecule has 3 nitrogen and oxygen atoms in total. The molecule has 0 spiro atoms. The average molecular weight is 226 g/mol. The largest absolute Gasteiger partial charge is 0.459 e. The zero-order valence-corrected chi connectivity index (χ0v) is 10.2. The van der Waals surface area contributed by atoms with E-state index in [-0.39, 0.29) is 12.1 Å². The van der Waals surface area contributed by atoms with Crippen LogP contribution in [0.15, 0.2) is 51.6 Å². The minimum atomic E-state index is -0.337. The SMILES string of the molecule is C=C.C=C.C=C.C=C(C)C(=O)OCC1CO1. The van der Waals surface area contributed by atoms with Gasteiger partial charge in [-0.3, -0.25) is 0 Å². The molecule has 1 aliphatic rings. The van der Waals surface area contributed by atoms with Crippen molar-refractivity contribution in [1.29, 1.82) is 0 Å². The van der Waals surface area contributed by atoms with E-state index in [0.29, 0.717) is 18.8 Å². The first-order chi connectivity index (χ1) is 7.70. The molecule has 1 rings (SSSR count). The van der Waals surface area contributed by atoms with E-state index >= 15 is 0 Å². The summed E-state index contributed by atoms with van der Waals surface area (Å²) in [5, 5.41) is 0. The van der Waals surface area contributed by atoms with Crippen molar-refractivity contribution in [3.8, 4) is 0 Å². The smallest absolute Gasteiger partial charge is 0.333 e. The molecule has 1 atom stereocenters. The zero-order valence-electron chi connectivity index (χ0n) is 10.2. The second-order valence-electron chi connectivity index (χ2n) is 2.33. The second kappa shape index (κ2) is 15.8. The van der Waals surface area contributed by atoms with Crippen molar-refractivity contribution < 1.29 is 14.3 Å². The summed E-state index contributed by atoms with van der Waals surface area (Å²) in [5.74, 6) is -0.337. The monoisotopic (exact) mass is 226 g/mol. The first kappa shape index (κ1) is 19.9. The summed E-state index contributed by atoms with van der Waals surface area (Å²) in [7, 11) is 0. The van der Waals surface area contributed by atoms with Gasteiger partial charge in [0, 0.05) is 5.57 Å². The summed E-state index contributed by atoms with van der Waals surface area (Å²) in [6, 6.07) is 0. The molecule has 0 aromatic rings. The number of carbonyl (C=O) groups excluding carboxylic acids is 1. The van der Waals surface area contributed by atoms with E-state index in [9.17, 15) is 4.79 Å². The average Bonchev–Trinajstić information content (AvgIpc) is 3.17. The third-order valence-corrected chi connectivity index (χ3v) is 1.15. The Bertz CT molecular complexity index is 191. The minimum absolute atomic E-state index is 0.142. The van der Waals surface area contributed by atoms with Gasteiger partial charge in [0.25, 0.3) is 0 Å². The lowest BCUT2D eigenvalue weighted by Crippen LogP contribution is -2.09. The molecule has 0 aromatic heterocycles. The van der Waals surface area contributed by atoms with Crippen LogP contribution in [-0.4, -0.2) is 25.3 Å². The van der Waals surface area contributed by atoms with Crippen LogP contribution >= 0.6 is 0 Å². The topological polar surface area (TPSA) is 38.8 Å². The highest BCUT2D eigenvalue weighted by molar-refractivity contribution is 5.86. The summed E-state index contributed by atoms with van der Waals surface area (Å²) in [6.07, 6.45) is 0.142. The van der Waals surface area contributed by atoms with Crippen LogP contribution in [0, 0.1) is 0 Å². The highest BCUT2D eigenvalue weighted by Gasteiger charge is 2.24. The third kappa shape index (κ3) is 14.9. The molecule has 1 aliphatic heterocycles. The molecule has 0 aliphatic carbocycles. The van der Waals surface area contributed by atoms with Crippen LogP contribution in [0.1, 0.15) is 6.92 Å². The summed E-state index contributed by atoms with van der Waals surface area (Å²) in [6.45, 7) is 24.1. The lowest BCUT2D eigenvalue weighted by atomic mass is 10.4. The van der Waals surface area contributed by atoms with Crippen molar-refractivity contribution in [2.24, 2.45) is 0 Å². The quantitative estimate of drug-likeness (QED) is 0.321. The normalized spacial score (nSPS) is 14.4. The first-order valence-electron chi connectivity index (χ1n) is 4.64. The van der Waals surface area contributed by atoms with Gasteiger partial charge in [0.15, 0.2) is 0 Å². The Morgan fingerprint density at radius 3 is 1.88 bits per heavy atom. The molecule has 1 unspecified atom stereocenters. The number of hydrogen-bond acceptors (Lipinski definition) is 3. The van der Waals surface area contributed by atoms with Crippen LogP contribution in [0.4, 0.5) is 0 Å². The summed E-state index contributed by atoms with van der Waals surface area (Å²) in [5.41, 5.74) is 0.431. The Labute approximate surface area is 98.8 Å². The van der Waals surface area contributed by atoms with E-state index in [4.69, 9.17) is 9.47 Å². The predicted octanol–water partition coefficient (Wildman–Crippen LogP) is 2.91. The molecule has 0 N–H and O–H groups in total. The van der Waals surface area contributed by atoms with Crippen molar-refractivity contribution in [2.75, 3.05) is 13.2 Å². The van der Waals surface area contributed by atoms with E-state index in [1.807, 2.05) is 0 Å². The highest BCUT2D eigenvalue weighted by Crippen LogP contribution is 2.09. The summed E-state index contributed by atoms with van der Waals surface area (Å²) < 4.78 is 9.60. The van der Waals surface area contributed by atoms with E-state index in [0.717, 1.165) is 0 Å². The van der Waals surface area contributed by atoms with Crippen LogP contribution in [-0.2, 0) is 14.3 Å². The molecule has 1 fully saturated rings. The molecule has 16 heavy (non-hydrogen) atoms. The number of ether oxygens (including phenoxy) is 2. The van der Waals surface area contributed by atoms with Crippen molar-refractivity contribution in [3.63, 3.8) is 0 Å². The Morgan fingerprint density at radius 1 is 1.25 bits per heavy atom. The fourth-order valence-corrected chi connectivity index (χ4v) is 0.456. The van der Waals surface area contributed by atoms with Gasteiger partial charge in [-0.15, -0.1) is 39.5 Å². The lowest BCUT2D eigenvalue weighted by Gasteiger charge is -1.99. The first-order valence-corrected chi connectivity index (χ1v) is 4.64. The van der Waals surface area contributed by atoms with Gasteiger partial charge >= 0.3 is 5.97 Å². The summed E-state index contributed by atoms with van der Waals surface area (Å²) >= 11 is 0. The maximum atomic E-state index is 10.7. The van der Waals surface area contributed by atoms with Gasteiger partial charge in [0.2, 0.25) is 0 Å². The van der Waals surface area contributed by atoms with Gasteiger partial charge in [-0.05, 0) is 6.92 Å². The van der Waals surface area contributed by atoms with Gasteiger partial charge in [-0.25, -0.2) is 4.79 Å². The van der Waals surface area contributed by atoms with Gasteiger partial charge in [-0.2, -0.15) is 0 Å². The minimum Gasteiger partial charge on any atom is -0.459 e. The molecule has 1 saturated heterocycles. The molecule has 3 heteroatoms. The molecule has 92 valence electrons. The fraction of sp³-hybridized carbons (Fsp3) is 0.308. The molecule has 0 radical (unpaired) electrons. The van der Waals surface area contributed by atoms with Crippen molar-refractivity contribution >= 4 is 5.97 Å². The van der Waals surface area contributed by atoms with Crippen LogP contribution in [0.2, 0.25) is 0 Å². The van der Waals surface area contributed by atoms with E-state index in [1.165, 1.54) is 0 Å². The van der Waals surface area contributed by atoms with Crippen LogP contribution < -0.4 is 0 Å². The predicted molar refractivity (Wildman–Crippen MR) is 69.3 cm³/mol. The van der Waals surface area contributed by atoms with Crippen LogP contribution in [0.3, 0.4) is 0 Å². The van der Waals surface area contributed by atoms with E-state index < -0.39 is 0 Å². The number of epoxide rings is 1. The molecule has 0 bridgehead atoms. The lowest BCUT2D eigenvalue weighted by molar-refractivity contribution is -0.139. The number of carbonyl (C=O) groups is 1. The molecular weight excluding hydrogens is 204 g/mol. The molecule has 1 heterocycles. The standard InChI is InChI=1S/C7H10O3.3C2H4/c1-5(2)7(8)10-4-6-3-9-6;3*1-2/h6H,1,3-4H2,2H3;3*1-2H2. The van der Waals surface area contributed by atoms with Crippen LogP contribution in [0.5, 0.6) is 0 Å².